The maximum absolute atomic E-state index is 16.0. The Morgan fingerprint density at radius 2 is 1.69 bits per heavy atom. The molecule has 0 aliphatic carbocycles. The summed E-state index contributed by atoms with van der Waals surface area (Å²) >= 11 is 6.57. The molecule has 0 fully saturated rings. The first-order valence-corrected chi connectivity index (χ1v) is 15.9. The number of carbonyl (C=O) groups is 2. The Bertz CT molecular complexity index is 1880. The number of nitrogens with one attached hydrogen (secondary N) is 1. The zero-order valence-corrected chi connectivity index (χ0v) is 29.2. The molecule has 1 unspecified atom stereocenters. The number of hydrogen-bond acceptors (Lipinski definition) is 9. The van der Waals surface area contributed by atoms with Crippen LogP contribution in [0.4, 0.5) is 31.3 Å². The van der Waals surface area contributed by atoms with Crippen molar-refractivity contribution in [2.75, 3.05) is 17.3 Å². The number of pyridine rings is 2. The molecule has 3 aromatic heterocycles. The van der Waals surface area contributed by atoms with Crippen LogP contribution in [-0.2, 0) is 20.8 Å². The SMILES string of the molecule is C=C1CCC(OC)Cn2nc(Nc3cc4cc(-c5cncc(N(C(=O)OC(C)(C)C)C(=O)OC(C)(C)C)c5C)c(F)c(Cl)c4cn3)cc21. The molecule has 0 radical (unpaired) electrons. The van der Waals surface area contributed by atoms with Crippen molar-refractivity contribution in [2.24, 2.45) is 0 Å². The largest absolute Gasteiger partial charge is 0.443 e. The lowest BCUT2D eigenvalue weighted by Gasteiger charge is -2.29. The first-order valence-electron chi connectivity index (χ1n) is 15.5. The summed E-state index contributed by atoms with van der Waals surface area (Å²) in [6, 6.07) is 5.27. The summed E-state index contributed by atoms with van der Waals surface area (Å²) in [5.74, 6) is 0.321. The van der Waals surface area contributed by atoms with Crippen LogP contribution < -0.4 is 10.2 Å². The minimum atomic E-state index is -0.962. The third kappa shape index (κ3) is 7.44. The van der Waals surface area contributed by atoms with Gasteiger partial charge in [0.2, 0.25) is 0 Å². The first kappa shape index (κ1) is 34.8. The number of halogens is 2. The van der Waals surface area contributed by atoms with Crippen LogP contribution in [0.15, 0.2) is 43.4 Å². The number of fused-ring (bicyclic) bond motifs is 2. The lowest BCUT2D eigenvalue weighted by Crippen LogP contribution is -2.44. The number of benzene rings is 1. The van der Waals surface area contributed by atoms with E-state index in [1.165, 1.54) is 18.6 Å². The molecule has 48 heavy (non-hydrogen) atoms. The van der Waals surface area contributed by atoms with Crippen LogP contribution in [0.3, 0.4) is 0 Å². The van der Waals surface area contributed by atoms with Crippen molar-refractivity contribution in [1.29, 1.82) is 0 Å². The van der Waals surface area contributed by atoms with Gasteiger partial charge < -0.3 is 19.5 Å². The monoisotopic (exact) mass is 678 g/mol. The molecule has 1 aliphatic rings. The number of carbonyl (C=O) groups excluding carboxylic acids is 2. The second kappa shape index (κ2) is 13.2. The number of hydrogen-bond donors (Lipinski definition) is 1. The maximum atomic E-state index is 16.0. The first-order chi connectivity index (χ1) is 22.5. The highest BCUT2D eigenvalue weighted by Crippen LogP contribution is 2.39. The molecule has 13 heteroatoms. The molecule has 0 spiro atoms. The molecule has 5 rings (SSSR count). The average Bonchev–Trinajstić information content (AvgIpc) is 3.31. The summed E-state index contributed by atoms with van der Waals surface area (Å²) in [5, 5.41) is 8.76. The molecule has 2 amide bonds. The van der Waals surface area contributed by atoms with Gasteiger partial charge in [-0.3, -0.25) is 9.67 Å². The van der Waals surface area contributed by atoms with E-state index in [9.17, 15) is 9.59 Å². The van der Waals surface area contributed by atoms with Crippen LogP contribution >= 0.6 is 11.6 Å². The summed E-state index contributed by atoms with van der Waals surface area (Å²) in [6.07, 6.45) is 4.03. The zero-order valence-electron chi connectivity index (χ0n) is 28.4. The summed E-state index contributed by atoms with van der Waals surface area (Å²) in [6.45, 7) is 16.5. The third-order valence-electron chi connectivity index (χ3n) is 7.65. The molecular formula is C35H40ClFN6O5. The van der Waals surface area contributed by atoms with E-state index in [-0.39, 0.29) is 22.4 Å². The van der Waals surface area contributed by atoms with Gasteiger partial charge in [-0.25, -0.2) is 19.0 Å². The number of nitrogens with zero attached hydrogens (tertiary/aromatic N) is 5. The van der Waals surface area contributed by atoms with E-state index < -0.39 is 29.2 Å². The van der Waals surface area contributed by atoms with Gasteiger partial charge in [-0.15, -0.1) is 0 Å². The fraction of sp³-hybridized carbons (Fsp3) is 0.400. The fourth-order valence-electron chi connectivity index (χ4n) is 5.36. The van der Waals surface area contributed by atoms with Gasteiger partial charge in [-0.2, -0.15) is 10.00 Å². The number of allylic oxidation sites excluding steroid dienone is 1. The van der Waals surface area contributed by atoms with E-state index in [0.29, 0.717) is 40.1 Å². The maximum Gasteiger partial charge on any atom is 0.424 e. The Balaban J connectivity index is 1.54. The minimum absolute atomic E-state index is 0.0294. The molecule has 11 nitrogen and oxygen atoms in total. The number of anilines is 3. The van der Waals surface area contributed by atoms with Crippen molar-refractivity contribution < 1.29 is 28.2 Å². The van der Waals surface area contributed by atoms with Crippen LogP contribution in [0, 0.1) is 12.7 Å². The van der Waals surface area contributed by atoms with E-state index in [1.54, 1.807) is 67.7 Å². The Morgan fingerprint density at radius 3 is 2.31 bits per heavy atom. The van der Waals surface area contributed by atoms with Crippen molar-refractivity contribution in [1.82, 2.24) is 19.7 Å². The van der Waals surface area contributed by atoms with Crippen molar-refractivity contribution in [3.63, 3.8) is 0 Å². The fourth-order valence-corrected chi connectivity index (χ4v) is 5.62. The van der Waals surface area contributed by atoms with Crippen LogP contribution in [0.1, 0.15) is 65.6 Å². The highest BCUT2D eigenvalue weighted by atomic mass is 35.5. The van der Waals surface area contributed by atoms with Crippen molar-refractivity contribution in [2.45, 2.75) is 85.2 Å². The van der Waals surface area contributed by atoms with Crippen molar-refractivity contribution in [3.05, 3.63) is 65.5 Å². The van der Waals surface area contributed by atoms with Gasteiger partial charge in [-0.1, -0.05) is 18.2 Å². The molecule has 1 N–H and O–H groups in total. The summed E-state index contributed by atoms with van der Waals surface area (Å²) in [4.78, 5) is 36.2. The molecule has 0 saturated heterocycles. The van der Waals surface area contributed by atoms with Crippen molar-refractivity contribution >= 4 is 57.5 Å². The third-order valence-corrected chi connectivity index (χ3v) is 8.02. The molecule has 0 saturated carbocycles. The second-order valence-electron chi connectivity index (χ2n) is 13.7. The molecule has 0 bridgehead atoms. The van der Waals surface area contributed by atoms with Crippen LogP contribution in [0.5, 0.6) is 0 Å². The lowest BCUT2D eigenvalue weighted by molar-refractivity contribution is 0.0430. The highest BCUT2D eigenvalue weighted by molar-refractivity contribution is 6.36. The molecule has 254 valence electrons. The number of ether oxygens (including phenoxy) is 3. The van der Waals surface area contributed by atoms with Crippen LogP contribution in [0.25, 0.3) is 27.5 Å². The number of imide groups is 1. The zero-order chi connectivity index (χ0) is 35.1. The standard InChI is InChI=1S/C35H40ClFN6O5/c1-19-10-11-22(46-9)18-42-26(19)14-29(41-42)40-28-13-21-12-23(31(37)30(36)25(21)16-39-28)24-15-38-17-27(20(24)2)43(32(44)47-34(3,4)5)33(45)48-35(6,7)8/h12-17,22H,1,10-11,18H2,2-9H3,(H,39,40,41). The quantitative estimate of drug-likeness (QED) is 0.221. The van der Waals surface area contributed by atoms with Gasteiger partial charge in [0.25, 0.3) is 0 Å². The molecular weight excluding hydrogens is 639 g/mol. The Hall–Kier alpha value is -4.55. The van der Waals surface area contributed by atoms with Gasteiger partial charge in [0.15, 0.2) is 5.82 Å². The Morgan fingerprint density at radius 1 is 1.02 bits per heavy atom. The van der Waals surface area contributed by atoms with E-state index in [4.69, 9.17) is 30.9 Å². The minimum Gasteiger partial charge on any atom is -0.443 e. The van der Waals surface area contributed by atoms with Gasteiger partial charge in [0.1, 0.15) is 22.8 Å². The molecule has 4 heterocycles. The normalized spacial score (nSPS) is 15.1. The Kier molecular flexibility index (Phi) is 9.53. The number of amides is 2. The molecule has 1 atom stereocenters. The lowest BCUT2D eigenvalue weighted by atomic mass is 9.98. The number of methoxy groups -OCH3 is 1. The summed E-state index contributed by atoms with van der Waals surface area (Å²) in [7, 11) is 1.69. The van der Waals surface area contributed by atoms with Crippen molar-refractivity contribution in [3.8, 4) is 11.1 Å². The molecule has 1 aromatic carbocycles. The molecule has 4 aromatic rings. The predicted molar refractivity (Wildman–Crippen MR) is 184 cm³/mol. The van der Waals surface area contributed by atoms with E-state index in [2.05, 4.69) is 21.9 Å². The highest BCUT2D eigenvalue weighted by Gasteiger charge is 2.34. The average molecular weight is 679 g/mol. The van der Waals surface area contributed by atoms with E-state index >= 15 is 4.39 Å². The summed E-state index contributed by atoms with van der Waals surface area (Å²) in [5.41, 5.74) is 0.920. The van der Waals surface area contributed by atoms with E-state index in [0.717, 1.165) is 29.0 Å². The smallest absolute Gasteiger partial charge is 0.424 e. The van der Waals surface area contributed by atoms with Gasteiger partial charge in [-0.05, 0) is 90.0 Å². The van der Waals surface area contributed by atoms with Gasteiger partial charge >= 0.3 is 12.2 Å². The second-order valence-corrected chi connectivity index (χ2v) is 14.1. The Labute approximate surface area is 284 Å². The predicted octanol–water partition coefficient (Wildman–Crippen LogP) is 8.84. The van der Waals surface area contributed by atoms with Gasteiger partial charge in [0, 0.05) is 42.1 Å². The summed E-state index contributed by atoms with van der Waals surface area (Å²) < 4.78 is 34.5. The van der Waals surface area contributed by atoms with Crippen LogP contribution in [0.2, 0.25) is 5.02 Å². The molecule has 1 aliphatic heterocycles. The number of rotatable bonds is 5. The number of aromatic nitrogens is 4. The van der Waals surface area contributed by atoms with E-state index in [1.807, 2.05) is 10.7 Å². The van der Waals surface area contributed by atoms with Gasteiger partial charge in [0.05, 0.1) is 35.2 Å². The van der Waals surface area contributed by atoms with Crippen LogP contribution in [-0.4, -0.2) is 56.4 Å². The topological polar surface area (TPSA) is 121 Å².